The number of hydrogen-bond donors (Lipinski definition) is 1. The summed E-state index contributed by atoms with van der Waals surface area (Å²) in [6, 6.07) is 13.1. The van der Waals surface area contributed by atoms with E-state index in [4.69, 9.17) is 9.39 Å². The molecule has 4 nitrogen and oxygen atoms in total. The molecule has 0 amide bonds. The molecule has 0 unspecified atom stereocenters. The van der Waals surface area contributed by atoms with Crippen LogP contribution in [0.15, 0.2) is 42.5 Å². The van der Waals surface area contributed by atoms with Gasteiger partial charge in [0.1, 0.15) is 5.75 Å². The van der Waals surface area contributed by atoms with E-state index in [2.05, 4.69) is 6.92 Å². The molecule has 1 heterocycles. The van der Waals surface area contributed by atoms with Gasteiger partial charge in [0.2, 0.25) is 0 Å². The Labute approximate surface area is 161 Å². The standard InChI is InChI=1S/C22H27BO4/c1-4-5-6-13-26-18-10-8-17(9-11-18)21(24)15-16-7-12-19-20(14-16)23(25)27-22(19,2)3/h7-12,14,25H,4-6,13,15H2,1-3H3. The Hall–Kier alpha value is -2.11. The smallest absolute Gasteiger partial charge is 0.492 e. The van der Waals surface area contributed by atoms with Crippen LogP contribution >= 0.6 is 0 Å². The van der Waals surface area contributed by atoms with Gasteiger partial charge in [-0.15, -0.1) is 0 Å². The topological polar surface area (TPSA) is 55.8 Å². The van der Waals surface area contributed by atoms with Crippen LogP contribution < -0.4 is 10.2 Å². The largest absolute Gasteiger partial charge is 0.494 e. The fourth-order valence-electron chi connectivity index (χ4n) is 3.45. The molecule has 0 atom stereocenters. The predicted octanol–water partition coefficient (Wildman–Crippen LogP) is 3.63. The molecule has 0 saturated carbocycles. The first-order chi connectivity index (χ1) is 12.9. The summed E-state index contributed by atoms with van der Waals surface area (Å²) in [4.78, 5) is 12.6. The van der Waals surface area contributed by atoms with Crippen molar-refractivity contribution < 1.29 is 19.2 Å². The Kier molecular flexibility index (Phi) is 6.03. The molecule has 0 aliphatic carbocycles. The zero-order valence-corrected chi connectivity index (χ0v) is 16.3. The van der Waals surface area contributed by atoms with Gasteiger partial charge in [-0.3, -0.25) is 4.79 Å². The average molecular weight is 366 g/mol. The first-order valence-corrected chi connectivity index (χ1v) is 9.66. The van der Waals surface area contributed by atoms with Crippen molar-refractivity contribution in [2.75, 3.05) is 6.61 Å². The van der Waals surface area contributed by atoms with E-state index in [9.17, 15) is 9.82 Å². The number of carbonyl (C=O) groups excluding carboxylic acids is 1. The van der Waals surface area contributed by atoms with Crippen LogP contribution in [0.4, 0.5) is 0 Å². The number of rotatable bonds is 8. The molecule has 0 fully saturated rings. The highest BCUT2D eigenvalue weighted by Crippen LogP contribution is 2.30. The molecular formula is C22H27BO4. The number of unbranched alkanes of at least 4 members (excludes halogenated alkanes) is 2. The van der Waals surface area contributed by atoms with Gasteiger partial charge >= 0.3 is 7.12 Å². The number of fused-ring (bicyclic) bond motifs is 1. The highest BCUT2D eigenvalue weighted by Gasteiger charge is 2.40. The predicted molar refractivity (Wildman–Crippen MR) is 108 cm³/mol. The third kappa shape index (κ3) is 4.60. The summed E-state index contributed by atoms with van der Waals surface area (Å²) in [5.41, 5.74) is 2.74. The van der Waals surface area contributed by atoms with Crippen molar-refractivity contribution in [2.45, 2.75) is 52.1 Å². The molecule has 2 aromatic rings. The summed E-state index contributed by atoms with van der Waals surface area (Å²) < 4.78 is 11.3. The first-order valence-electron chi connectivity index (χ1n) is 9.66. The maximum atomic E-state index is 12.6. The van der Waals surface area contributed by atoms with Crippen molar-refractivity contribution in [1.29, 1.82) is 0 Å². The lowest BCUT2D eigenvalue weighted by molar-refractivity contribution is 0.0991. The van der Waals surface area contributed by atoms with Gasteiger partial charge in [0, 0.05) is 12.0 Å². The molecule has 142 valence electrons. The fraction of sp³-hybridized carbons (Fsp3) is 0.409. The molecule has 2 aromatic carbocycles. The molecular weight excluding hydrogens is 339 g/mol. The lowest BCUT2D eigenvalue weighted by Gasteiger charge is -2.19. The van der Waals surface area contributed by atoms with E-state index in [0.717, 1.165) is 35.2 Å². The van der Waals surface area contributed by atoms with E-state index in [-0.39, 0.29) is 12.2 Å². The molecule has 1 N–H and O–H groups in total. The van der Waals surface area contributed by atoms with Gasteiger partial charge in [-0.1, -0.05) is 38.0 Å². The van der Waals surface area contributed by atoms with Crippen molar-refractivity contribution >= 4 is 18.4 Å². The lowest BCUT2D eigenvalue weighted by Crippen LogP contribution is -2.29. The normalized spacial score (nSPS) is 14.9. The monoisotopic (exact) mass is 366 g/mol. The summed E-state index contributed by atoms with van der Waals surface area (Å²) >= 11 is 0. The van der Waals surface area contributed by atoms with Crippen molar-refractivity contribution in [3.05, 3.63) is 59.2 Å². The first kappa shape index (κ1) is 19.7. The van der Waals surface area contributed by atoms with Crippen LogP contribution in [0.2, 0.25) is 0 Å². The number of ketones is 1. The number of benzene rings is 2. The highest BCUT2D eigenvalue weighted by atomic mass is 16.5. The molecule has 27 heavy (non-hydrogen) atoms. The Balaban J connectivity index is 1.63. The second kappa shape index (κ2) is 8.28. The number of carbonyl (C=O) groups is 1. The third-order valence-corrected chi connectivity index (χ3v) is 4.99. The SMILES string of the molecule is CCCCCOc1ccc(C(=O)Cc2ccc3c(c2)B(O)OC3(C)C)cc1. The maximum absolute atomic E-state index is 12.6. The van der Waals surface area contributed by atoms with Crippen LogP contribution in [0, 0.1) is 0 Å². The van der Waals surface area contributed by atoms with Crippen LogP contribution in [0.25, 0.3) is 0 Å². The van der Waals surface area contributed by atoms with Gasteiger partial charge in [-0.25, -0.2) is 0 Å². The fourth-order valence-corrected chi connectivity index (χ4v) is 3.45. The molecule has 0 aromatic heterocycles. The average Bonchev–Trinajstić information content (AvgIpc) is 2.87. The van der Waals surface area contributed by atoms with E-state index >= 15 is 0 Å². The summed E-state index contributed by atoms with van der Waals surface area (Å²) in [5.74, 6) is 0.836. The van der Waals surface area contributed by atoms with Gasteiger partial charge in [0.15, 0.2) is 5.78 Å². The van der Waals surface area contributed by atoms with Crippen LogP contribution in [0.5, 0.6) is 5.75 Å². The molecule has 1 aliphatic rings. The Morgan fingerprint density at radius 2 is 1.89 bits per heavy atom. The minimum absolute atomic E-state index is 0.0418. The Bertz CT molecular complexity index is 798. The van der Waals surface area contributed by atoms with Gasteiger partial charge in [0.05, 0.1) is 12.2 Å². The summed E-state index contributed by atoms with van der Waals surface area (Å²) in [7, 11) is -0.936. The van der Waals surface area contributed by atoms with Crippen molar-refractivity contribution in [3.8, 4) is 5.75 Å². The van der Waals surface area contributed by atoms with Gasteiger partial charge in [-0.05, 0) is 61.1 Å². The number of hydrogen-bond acceptors (Lipinski definition) is 4. The molecule has 0 bridgehead atoms. The van der Waals surface area contributed by atoms with Gasteiger partial charge < -0.3 is 14.4 Å². The zero-order chi connectivity index (χ0) is 19.4. The zero-order valence-electron chi connectivity index (χ0n) is 16.3. The van der Waals surface area contributed by atoms with E-state index < -0.39 is 12.7 Å². The Morgan fingerprint density at radius 3 is 2.59 bits per heavy atom. The Morgan fingerprint density at radius 1 is 1.15 bits per heavy atom. The van der Waals surface area contributed by atoms with E-state index in [1.165, 1.54) is 6.42 Å². The van der Waals surface area contributed by atoms with Crippen LogP contribution in [-0.4, -0.2) is 24.5 Å². The van der Waals surface area contributed by atoms with Crippen LogP contribution in [0.3, 0.4) is 0 Å². The van der Waals surface area contributed by atoms with Gasteiger partial charge in [-0.2, -0.15) is 0 Å². The van der Waals surface area contributed by atoms with E-state index in [0.29, 0.717) is 12.2 Å². The minimum Gasteiger partial charge on any atom is -0.494 e. The van der Waals surface area contributed by atoms with E-state index in [1.54, 1.807) is 0 Å². The summed E-state index contributed by atoms with van der Waals surface area (Å²) in [6.45, 7) is 6.73. The molecule has 3 rings (SSSR count). The molecule has 1 aliphatic heterocycles. The molecule has 0 saturated heterocycles. The molecule has 5 heteroatoms. The third-order valence-electron chi connectivity index (χ3n) is 4.99. The molecule has 0 spiro atoms. The quantitative estimate of drug-likeness (QED) is 0.440. The summed E-state index contributed by atoms with van der Waals surface area (Å²) in [6.07, 6.45) is 3.66. The van der Waals surface area contributed by atoms with Crippen LogP contribution in [-0.2, 0) is 16.7 Å². The highest BCUT2D eigenvalue weighted by molar-refractivity contribution is 6.62. The van der Waals surface area contributed by atoms with Crippen LogP contribution in [0.1, 0.15) is 61.5 Å². The maximum Gasteiger partial charge on any atom is 0.492 e. The summed E-state index contributed by atoms with van der Waals surface area (Å²) in [5, 5.41) is 10.1. The minimum atomic E-state index is -0.936. The van der Waals surface area contributed by atoms with Crippen molar-refractivity contribution in [1.82, 2.24) is 0 Å². The molecule has 0 radical (unpaired) electrons. The number of ether oxygens (including phenoxy) is 1. The second-order valence-corrected chi connectivity index (χ2v) is 7.58. The van der Waals surface area contributed by atoms with Crippen molar-refractivity contribution in [3.63, 3.8) is 0 Å². The van der Waals surface area contributed by atoms with E-state index in [1.807, 2.05) is 56.3 Å². The van der Waals surface area contributed by atoms with Crippen molar-refractivity contribution in [2.24, 2.45) is 0 Å². The number of Topliss-reactive ketones (excluding diaryl/α,β-unsaturated/α-hetero) is 1. The second-order valence-electron chi connectivity index (χ2n) is 7.58. The lowest BCUT2D eigenvalue weighted by atomic mass is 9.77. The van der Waals surface area contributed by atoms with Gasteiger partial charge in [0.25, 0.3) is 0 Å².